The van der Waals surface area contributed by atoms with Crippen molar-refractivity contribution in [3.05, 3.63) is 138 Å². The average Bonchev–Trinajstić information content (AvgIpc) is 3.69. The van der Waals surface area contributed by atoms with Gasteiger partial charge in [0.05, 0.1) is 0 Å². The zero-order valence-electron chi connectivity index (χ0n) is 19.7. The summed E-state index contributed by atoms with van der Waals surface area (Å²) in [5.74, 6) is 1.64. The Hall–Kier alpha value is -4.89. The molecule has 9 rings (SSSR count). The van der Waals surface area contributed by atoms with Crippen molar-refractivity contribution in [1.29, 1.82) is 0 Å². The number of furan rings is 1. The van der Waals surface area contributed by atoms with E-state index in [9.17, 15) is 0 Å². The Balaban J connectivity index is 1.45. The Morgan fingerprint density at radius 3 is 1.92 bits per heavy atom. The third-order valence-corrected chi connectivity index (χ3v) is 8.13. The van der Waals surface area contributed by atoms with Crippen molar-refractivity contribution in [1.82, 2.24) is 4.98 Å². The third-order valence-electron chi connectivity index (χ3n) is 8.13. The van der Waals surface area contributed by atoms with Crippen molar-refractivity contribution >= 4 is 22.1 Å². The SMILES string of the molecule is c1ccc2c(c1)-c1c(-c3nc4ccccc4o3)cccc1C21c2ccccc2-c2c1oc1ccccc21. The molecule has 1 spiro atoms. The molecule has 2 aromatic heterocycles. The van der Waals surface area contributed by atoms with E-state index in [0.717, 1.165) is 39.0 Å². The zero-order chi connectivity index (χ0) is 24.1. The van der Waals surface area contributed by atoms with Gasteiger partial charge in [0.15, 0.2) is 5.58 Å². The second kappa shape index (κ2) is 6.65. The molecule has 0 N–H and O–H groups in total. The minimum Gasteiger partial charge on any atom is -0.459 e. The quantitative estimate of drug-likeness (QED) is 0.240. The maximum atomic E-state index is 6.80. The van der Waals surface area contributed by atoms with E-state index >= 15 is 0 Å². The number of rotatable bonds is 1. The molecular formula is C34H19NO2. The van der Waals surface area contributed by atoms with Gasteiger partial charge in [-0.15, -0.1) is 0 Å². The first-order chi connectivity index (χ1) is 18.4. The fourth-order valence-corrected chi connectivity index (χ4v) is 6.76. The molecule has 2 aliphatic rings. The van der Waals surface area contributed by atoms with Gasteiger partial charge < -0.3 is 8.83 Å². The Bertz CT molecular complexity index is 2030. The molecule has 7 aromatic rings. The number of para-hydroxylation sites is 3. The summed E-state index contributed by atoms with van der Waals surface area (Å²) in [6.45, 7) is 0. The Morgan fingerprint density at radius 2 is 1.11 bits per heavy atom. The molecule has 37 heavy (non-hydrogen) atoms. The van der Waals surface area contributed by atoms with Crippen molar-refractivity contribution in [3.63, 3.8) is 0 Å². The molecule has 3 nitrogen and oxygen atoms in total. The molecule has 1 unspecified atom stereocenters. The molecule has 1 atom stereocenters. The second-order valence-electron chi connectivity index (χ2n) is 9.86. The Morgan fingerprint density at radius 1 is 0.486 bits per heavy atom. The minimum absolute atomic E-state index is 0.543. The van der Waals surface area contributed by atoms with Crippen molar-refractivity contribution in [2.45, 2.75) is 5.41 Å². The maximum Gasteiger partial charge on any atom is 0.227 e. The summed E-state index contributed by atoms with van der Waals surface area (Å²) in [7, 11) is 0. The zero-order valence-corrected chi connectivity index (χ0v) is 19.7. The van der Waals surface area contributed by atoms with E-state index in [2.05, 4.69) is 84.9 Å². The van der Waals surface area contributed by atoms with E-state index in [1.165, 1.54) is 33.4 Å². The second-order valence-corrected chi connectivity index (χ2v) is 9.86. The topological polar surface area (TPSA) is 39.2 Å². The fraction of sp³-hybridized carbons (Fsp3) is 0.0294. The lowest BCUT2D eigenvalue weighted by Crippen LogP contribution is -2.25. The molecule has 0 fully saturated rings. The summed E-state index contributed by atoms with van der Waals surface area (Å²) >= 11 is 0. The van der Waals surface area contributed by atoms with Crippen molar-refractivity contribution in [2.75, 3.05) is 0 Å². The number of nitrogens with zero attached hydrogens (tertiary/aromatic N) is 1. The molecule has 0 radical (unpaired) electrons. The van der Waals surface area contributed by atoms with Crippen LogP contribution in [-0.2, 0) is 5.41 Å². The number of benzene rings is 5. The van der Waals surface area contributed by atoms with Crippen LogP contribution in [0.5, 0.6) is 0 Å². The van der Waals surface area contributed by atoms with E-state index in [4.69, 9.17) is 13.8 Å². The highest BCUT2D eigenvalue weighted by Crippen LogP contribution is 2.65. The monoisotopic (exact) mass is 473 g/mol. The first-order valence-corrected chi connectivity index (χ1v) is 12.6. The molecular weight excluding hydrogens is 454 g/mol. The van der Waals surface area contributed by atoms with Crippen LogP contribution in [0.4, 0.5) is 0 Å². The first-order valence-electron chi connectivity index (χ1n) is 12.6. The summed E-state index contributed by atoms with van der Waals surface area (Å²) in [5, 5.41) is 1.16. The van der Waals surface area contributed by atoms with Gasteiger partial charge in [-0.25, -0.2) is 4.98 Å². The standard InChI is InChI=1S/C34H19NO2/c1-4-14-24-20(10-1)30-23(33-35-27-17-6-8-19-29(27)37-33)13-9-16-26(30)34(24)25-15-5-2-11-21(25)31-22-12-3-7-18-28(22)36-32(31)34/h1-19H. The van der Waals surface area contributed by atoms with Gasteiger partial charge in [-0.05, 0) is 57.6 Å². The molecule has 0 aliphatic heterocycles. The van der Waals surface area contributed by atoms with Gasteiger partial charge in [0.2, 0.25) is 5.89 Å². The molecule has 0 amide bonds. The number of hydrogen-bond donors (Lipinski definition) is 0. The van der Waals surface area contributed by atoms with Crippen LogP contribution in [0.25, 0.3) is 55.8 Å². The molecule has 2 heterocycles. The molecule has 0 bridgehead atoms. The lowest BCUT2D eigenvalue weighted by molar-refractivity contribution is 0.506. The van der Waals surface area contributed by atoms with Gasteiger partial charge in [-0.3, -0.25) is 0 Å². The van der Waals surface area contributed by atoms with Crippen molar-refractivity contribution in [3.8, 4) is 33.7 Å². The van der Waals surface area contributed by atoms with Crippen LogP contribution in [-0.4, -0.2) is 4.98 Å². The molecule has 0 saturated carbocycles. The average molecular weight is 474 g/mol. The third kappa shape index (κ3) is 2.21. The van der Waals surface area contributed by atoms with Crippen molar-refractivity contribution < 1.29 is 8.83 Å². The van der Waals surface area contributed by atoms with Crippen LogP contribution >= 0.6 is 0 Å². The van der Waals surface area contributed by atoms with Gasteiger partial charge in [0.25, 0.3) is 0 Å². The summed E-state index contributed by atoms with van der Waals surface area (Å²) in [4.78, 5) is 4.88. The lowest BCUT2D eigenvalue weighted by Gasteiger charge is -2.28. The number of fused-ring (bicyclic) bond motifs is 13. The van der Waals surface area contributed by atoms with E-state index in [1.54, 1.807) is 0 Å². The lowest BCUT2D eigenvalue weighted by atomic mass is 9.73. The largest absolute Gasteiger partial charge is 0.459 e. The van der Waals surface area contributed by atoms with E-state index in [-0.39, 0.29) is 0 Å². The van der Waals surface area contributed by atoms with Gasteiger partial charge in [-0.1, -0.05) is 91.0 Å². The summed E-state index contributed by atoms with van der Waals surface area (Å²) in [6.07, 6.45) is 0. The van der Waals surface area contributed by atoms with E-state index in [0.29, 0.717) is 5.89 Å². The number of oxazole rings is 1. The van der Waals surface area contributed by atoms with Crippen LogP contribution in [0, 0.1) is 0 Å². The summed E-state index contributed by atoms with van der Waals surface area (Å²) in [6, 6.07) is 40.3. The summed E-state index contributed by atoms with van der Waals surface area (Å²) in [5.41, 5.74) is 11.5. The van der Waals surface area contributed by atoms with Crippen molar-refractivity contribution in [2.24, 2.45) is 0 Å². The molecule has 2 aliphatic carbocycles. The highest BCUT2D eigenvalue weighted by atomic mass is 16.3. The van der Waals surface area contributed by atoms with Gasteiger partial charge in [0, 0.05) is 16.5 Å². The highest BCUT2D eigenvalue weighted by Gasteiger charge is 2.55. The summed E-state index contributed by atoms with van der Waals surface area (Å²) < 4.78 is 13.1. The molecule has 3 heteroatoms. The van der Waals surface area contributed by atoms with Crippen LogP contribution in [0.3, 0.4) is 0 Å². The number of aromatic nitrogens is 1. The predicted molar refractivity (Wildman–Crippen MR) is 146 cm³/mol. The van der Waals surface area contributed by atoms with Gasteiger partial charge in [-0.2, -0.15) is 0 Å². The first kappa shape index (κ1) is 19.3. The van der Waals surface area contributed by atoms with E-state index in [1.807, 2.05) is 30.3 Å². The van der Waals surface area contributed by atoms with Crippen LogP contribution in [0.15, 0.2) is 124 Å². The van der Waals surface area contributed by atoms with Crippen LogP contribution in [0.1, 0.15) is 22.5 Å². The molecule has 172 valence electrons. The Kier molecular flexibility index (Phi) is 3.47. The van der Waals surface area contributed by atoms with Gasteiger partial charge in [0.1, 0.15) is 22.3 Å². The molecule has 0 saturated heterocycles. The highest BCUT2D eigenvalue weighted by molar-refractivity contribution is 6.05. The molecule has 5 aromatic carbocycles. The van der Waals surface area contributed by atoms with Crippen LogP contribution in [0.2, 0.25) is 0 Å². The minimum atomic E-state index is -0.543. The number of hydrogen-bond acceptors (Lipinski definition) is 3. The maximum absolute atomic E-state index is 6.80. The fourth-order valence-electron chi connectivity index (χ4n) is 6.76. The van der Waals surface area contributed by atoms with Crippen LogP contribution < -0.4 is 0 Å². The normalized spacial score (nSPS) is 16.8. The smallest absolute Gasteiger partial charge is 0.227 e. The predicted octanol–water partition coefficient (Wildman–Crippen LogP) is 8.58. The van der Waals surface area contributed by atoms with E-state index < -0.39 is 5.41 Å². The van der Waals surface area contributed by atoms with Gasteiger partial charge >= 0.3 is 0 Å². The Labute approximate surface area is 212 Å².